The number of hydrogen-bond donors (Lipinski definition) is 1. The van der Waals surface area contributed by atoms with Gasteiger partial charge >= 0.3 is 5.69 Å². The SMILES string of the molecule is NC(=O)[C@@H]1[C@@H]2CCC[C@@H]2CN1C(=O)Cn1cc([N+](=O)[O-])cn1. The first-order valence-electron chi connectivity index (χ1n) is 7.23. The fourth-order valence-corrected chi connectivity index (χ4v) is 3.69. The number of amides is 2. The Labute approximate surface area is 126 Å². The van der Waals surface area contributed by atoms with Crippen LogP contribution in [0.4, 0.5) is 5.69 Å². The molecular weight excluding hydrogens is 290 g/mol. The van der Waals surface area contributed by atoms with Crippen molar-refractivity contribution in [3.63, 3.8) is 0 Å². The van der Waals surface area contributed by atoms with Gasteiger partial charge in [-0.2, -0.15) is 5.10 Å². The van der Waals surface area contributed by atoms with Gasteiger partial charge in [-0.1, -0.05) is 6.42 Å². The van der Waals surface area contributed by atoms with Crippen molar-refractivity contribution in [2.45, 2.75) is 31.8 Å². The number of nitro groups is 1. The quantitative estimate of drug-likeness (QED) is 0.614. The van der Waals surface area contributed by atoms with Crippen molar-refractivity contribution < 1.29 is 14.5 Å². The first-order chi connectivity index (χ1) is 10.5. The molecule has 1 aromatic rings. The minimum atomic E-state index is -0.569. The zero-order valence-corrected chi connectivity index (χ0v) is 11.9. The first-order valence-corrected chi connectivity index (χ1v) is 7.23. The lowest BCUT2D eigenvalue weighted by molar-refractivity contribution is -0.385. The van der Waals surface area contributed by atoms with Crippen LogP contribution in [0.2, 0.25) is 0 Å². The number of nitrogens with two attached hydrogens (primary N) is 1. The van der Waals surface area contributed by atoms with Crippen molar-refractivity contribution >= 4 is 17.5 Å². The van der Waals surface area contributed by atoms with Crippen LogP contribution in [0.1, 0.15) is 19.3 Å². The molecule has 0 unspecified atom stereocenters. The zero-order chi connectivity index (χ0) is 15.9. The number of likely N-dealkylation sites (tertiary alicyclic amines) is 1. The molecular formula is C13H17N5O4. The van der Waals surface area contributed by atoms with Crippen molar-refractivity contribution in [2.24, 2.45) is 17.6 Å². The molecule has 22 heavy (non-hydrogen) atoms. The smallest absolute Gasteiger partial charge is 0.307 e. The van der Waals surface area contributed by atoms with Gasteiger partial charge in [0.1, 0.15) is 25.0 Å². The summed E-state index contributed by atoms with van der Waals surface area (Å²) in [5, 5.41) is 14.4. The van der Waals surface area contributed by atoms with Crippen LogP contribution < -0.4 is 5.73 Å². The van der Waals surface area contributed by atoms with E-state index in [2.05, 4.69) is 5.10 Å². The van der Waals surface area contributed by atoms with Gasteiger partial charge < -0.3 is 10.6 Å². The van der Waals surface area contributed by atoms with E-state index in [1.165, 1.54) is 15.8 Å². The van der Waals surface area contributed by atoms with Gasteiger partial charge in [0.15, 0.2) is 0 Å². The van der Waals surface area contributed by atoms with Gasteiger partial charge in [-0.3, -0.25) is 24.4 Å². The molecule has 0 radical (unpaired) electrons. The van der Waals surface area contributed by atoms with Crippen molar-refractivity contribution in [3.8, 4) is 0 Å². The van der Waals surface area contributed by atoms with Gasteiger partial charge in [0.25, 0.3) is 0 Å². The topological polar surface area (TPSA) is 124 Å². The maximum absolute atomic E-state index is 12.4. The highest BCUT2D eigenvalue weighted by Gasteiger charge is 2.48. The number of hydrogen-bond acceptors (Lipinski definition) is 5. The monoisotopic (exact) mass is 307 g/mol. The Hall–Kier alpha value is -2.45. The maximum Gasteiger partial charge on any atom is 0.307 e. The molecule has 1 aromatic heterocycles. The van der Waals surface area contributed by atoms with Gasteiger partial charge in [0.05, 0.1) is 4.92 Å². The van der Waals surface area contributed by atoms with Crippen molar-refractivity contribution in [2.75, 3.05) is 6.54 Å². The minimum Gasteiger partial charge on any atom is -0.368 e. The Bertz CT molecular complexity index is 628. The third-order valence-corrected chi connectivity index (χ3v) is 4.63. The summed E-state index contributed by atoms with van der Waals surface area (Å²) in [5.74, 6) is -0.285. The van der Waals surface area contributed by atoms with E-state index in [0.29, 0.717) is 12.5 Å². The fourth-order valence-electron chi connectivity index (χ4n) is 3.69. The Morgan fingerprint density at radius 2 is 2.23 bits per heavy atom. The first kappa shape index (κ1) is 14.5. The molecule has 0 spiro atoms. The van der Waals surface area contributed by atoms with Crippen LogP contribution in [0.15, 0.2) is 12.4 Å². The molecule has 2 aliphatic rings. The lowest BCUT2D eigenvalue weighted by Crippen LogP contribution is -2.47. The average Bonchev–Trinajstić information content (AvgIpc) is 3.11. The summed E-state index contributed by atoms with van der Waals surface area (Å²) < 4.78 is 1.21. The van der Waals surface area contributed by atoms with Crippen LogP contribution in [0.25, 0.3) is 0 Å². The van der Waals surface area contributed by atoms with Gasteiger partial charge in [-0.25, -0.2) is 0 Å². The Morgan fingerprint density at radius 1 is 1.45 bits per heavy atom. The molecule has 3 rings (SSSR count). The molecule has 9 nitrogen and oxygen atoms in total. The van der Waals surface area contributed by atoms with Gasteiger partial charge in [-0.05, 0) is 24.7 Å². The molecule has 1 saturated heterocycles. The molecule has 1 aliphatic heterocycles. The molecule has 9 heteroatoms. The molecule has 2 N–H and O–H groups in total. The van der Waals surface area contributed by atoms with Gasteiger partial charge in [-0.15, -0.1) is 0 Å². The van der Waals surface area contributed by atoms with Crippen LogP contribution in [0, 0.1) is 22.0 Å². The van der Waals surface area contributed by atoms with E-state index in [9.17, 15) is 19.7 Å². The summed E-state index contributed by atoms with van der Waals surface area (Å²) >= 11 is 0. The number of rotatable bonds is 4. The molecule has 0 bridgehead atoms. The van der Waals surface area contributed by atoms with Gasteiger partial charge in [0.2, 0.25) is 11.8 Å². The largest absolute Gasteiger partial charge is 0.368 e. The highest BCUT2D eigenvalue weighted by atomic mass is 16.6. The molecule has 118 valence electrons. The summed E-state index contributed by atoms with van der Waals surface area (Å²) in [6.45, 7) is 0.400. The van der Waals surface area contributed by atoms with Gasteiger partial charge in [0, 0.05) is 6.54 Å². The maximum atomic E-state index is 12.4. The van der Waals surface area contributed by atoms with E-state index in [1.54, 1.807) is 0 Å². The van der Waals surface area contributed by atoms with E-state index < -0.39 is 16.9 Å². The average molecular weight is 307 g/mol. The summed E-state index contributed by atoms with van der Waals surface area (Å²) in [5.41, 5.74) is 5.31. The van der Waals surface area contributed by atoms with Crippen LogP contribution >= 0.6 is 0 Å². The predicted octanol–water partition coefficient (Wildman–Crippen LogP) is -0.0963. The highest BCUT2D eigenvalue weighted by Crippen LogP contribution is 2.42. The van der Waals surface area contributed by atoms with E-state index >= 15 is 0 Å². The molecule has 2 fully saturated rings. The van der Waals surface area contributed by atoms with E-state index in [1.807, 2.05) is 0 Å². The summed E-state index contributed by atoms with van der Waals surface area (Å²) in [7, 11) is 0. The minimum absolute atomic E-state index is 0.128. The molecule has 3 atom stereocenters. The molecule has 0 aromatic carbocycles. The number of carbonyl (C=O) groups is 2. The number of fused-ring (bicyclic) bond motifs is 1. The standard InChI is InChI=1S/C13H17N5O4/c14-13(20)12-10-3-1-2-8(10)5-17(12)11(19)7-16-6-9(4-15-16)18(21)22/h4,6,8,10,12H,1-3,5,7H2,(H2,14,20)/t8-,10-,12+/m1/s1. The summed E-state index contributed by atoms with van der Waals surface area (Å²) in [6.07, 6.45) is 5.28. The number of nitrogens with zero attached hydrogens (tertiary/aromatic N) is 4. The Morgan fingerprint density at radius 3 is 2.86 bits per heavy atom. The second kappa shape index (κ2) is 5.39. The Balaban J connectivity index is 1.73. The Kier molecular flexibility index (Phi) is 3.55. The van der Waals surface area contributed by atoms with Crippen LogP contribution in [0.5, 0.6) is 0 Å². The normalized spacial score (nSPS) is 26.9. The number of carbonyl (C=O) groups excluding carboxylic acids is 2. The number of aromatic nitrogens is 2. The third kappa shape index (κ3) is 2.42. The zero-order valence-electron chi connectivity index (χ0n) is 11.9. The third-order valence-electron chi connectivity index (χ3n) is 4.63. The van der Waals surface area contributed by atoms with Crippen molar-refractivity contribution in [1.29, 1.82) is 0 Å². The van der Waals surface area contributed by atoms with Crippen LogP contribution in [-0.2, 0) is 16.1 Å². The summed E-state index contributed by atoms with van der Waals surface area (Å²) in [6, 6.07) is -0.564. The molecule has 1 saturated carbocycles. The molecule has 1 aliphatic carbocycles. The fraction of sp³-hybridized carbons (Fsp3) is 0.615. The molecule has 2 heterocycles. The number of primary amides is 1. The summed E-state index contributed by atoms with van der Waals surface area (Å²) in [4.78, 5) is 35.7. The van der Waals surface area contributed by atoms with Crippen LogP contribution in [-0.4, -0.2) is 44.0 Å². The lowest BCUT2D eigenvalue weighted by atomic mass is 9.94. The van der Waals surface area contributed by atoms with E-state index in [4.69, 9.17) is 5.73 Å². The second-order valence-electron chi connectivity index (χ2n) is 5.90. The highest BCUT2D eigenvalue weighted by molar-refractivity contribution is 5.87. The second-order valence-corrected chi connectivity index (χ2v) is 5.90. The lowest BCUT2D eigenvalue weighted by Gasteiger charge is -2.25. The van der Waals surface area contributed by atoms with Crippen molar-refractivity contribution in [3.05, 3.63) is 22.5 Å². The van der Waals surface area contributed by atoms with E-state index in [0.717, 1.165) is 25.5 Å². The van der Waals surface area contributed by atoms with Crippen molar-refractivity contribution in [1.82, 2.24) is 14.7 Å². The van der Waals surface area contributed by atoms with Crippen LogP contribution in [0.3, 0.4) is 0 Å². The predicted molar refractivity (Wildman–Crippen MR) is 74.4 cm³/mol. The van der Waals surface area contributed by atoms with E-state index in [-0.39, 0.29) is 24.1 Å². The molecule has 2 amide bonds.